The largest absolute Gasteiger partial charge is 0.367 e. The zero-order valence-electron chi connectivity index (χ0n) is 13.6. The third kappa shape index (κ3) is 4.87. The number of nitrogens with zero attached hydrogens (tertiary/aromatic N) is 1. The molecule has 6 nitrogen and oxygen atoms in total. The third-order valence-corrected chi connectivity index (χ3v) is 4.85. The highest BCUT2D eigenvalue weighted by atomic mass is 16.5. The minimum atomic E-state index is -0.495. The van der Waals surface area contributed by atoms with Gasteiger partial charge in [0.2, 0.25) is 5.91 Å². The first-order valence-electron chi connectivity index (χ1n) is 8.53. The molecule has 0 aromatic rings. The van der Waals surface area contributed by atoms with Gasteiger partial charge in [-0.3, -0.25) is 4.79 Å². The van der Waals surface area contributed by atoms with Crippen molar-refractivity contribution in [2.45, 2.75) is 76.0 Å². The second kappa shape index (κ2) is 8.36. The summed E-state index contributed by atoms with van der Waals surface area (Å²) in [5.74, 6) is -0.416. The van der Waals surface area contributed by atoms with Crippen LogP contribution in [0.4, 0.5) is 4.79 Å². The van der Waals surface area contributed by atoms with Gasteiger partial charge in [0, 0.05) is 19.6 Å². The van der Waals surface area contributed by atoms with Crippen molar-refractivity contribution in [2.75, 3.05) is 13.6 Å². The lowest BCUT2D eigenvalue weighted by atomic mass is 9.96. The Hall–Kier alpha value is -1.30. The van der Waals surface area contributed by atoms with E-state index in [1.165, 1.54) is 32.1 Å². The number of primary amides is 1. The maximum Gasteiger partial charge on any atom is 0.317 e. The highest BCUT2D eigenvalue weighted by Crippen LogP contribution is 2.21. The molecule has 3 amide bonds. The Bertz CT molecular complexity index is 381. The summed E-state index contributed by atoms with van der Waals surface area (Å²) in [7, 11) is 1.88. The van der Waals surface area contributed by atoms with Crippen LogP contribution in [0.25, 0.3) is 0 Å². The summed E-state index contributed by atoms with van der Waals surface area (Å²) in [6.07, 6.45) is 9.27. The molecule has 0 radical (unpaired) electrons. The summed E-state index contributed by atoms with van der Waals surface area (Å²) in [6, 6.07) is 0.292. The van der Waals surface area contributed by atoms with E-state index in [1.54, 1.807) is 0 Å². The van der Waals surface area contributed by atoms with Gasteiger partial charge in [-0.25, -0.2) is 4.79 Å². The lowest BCUT2D eigenvalue weighted by molar-refractivity contribution is -0.128. The predicted molar refractivity (Wildman–Crippen MR) is 84.4 cm³/mol. The van der Waals surface area contributed by atoms with E-state index in [4.69, 9.17) is 10.5 Å². The maximum absolute atomic E-state index is 12.3. The van der Waals surface area contributed by atoms with E-state index in [2.05, 4.69) is 5.32 Å². The lowest BCUT2D eigenvalue weighted by Crippen LogP contribution is -2.46. The van der Waals surface area contributed by atoms with Crippen LogP contribution in [0.3, 0.4) is 0 Å². The summed E-state index contributed by atoms with van der Waals surface area (Å²) >= 11 is 0. The molecule has 0 aromatic carbocycles. The number of carbonyl (C=O) groups is 2. The van der Waals surface area contributed by atoms with E-state index >= 15 is 0 Å². The van der Waals surface area contributed by atoms with Gasteiger partial charge in [0.25, 0.3) is 0 Å². The van der Waals surface area contributed by atoms with Crippen LogP contribution in [0.1, 0.15) is 57.8 Å². The smallest absolute Gasteiger partial charge is 0.317 e. The van der Waals surface area contributed by atoms with Crippen LogP contribution in [0.2, 0.25) is 0 Å². The van der Waals surface area contributed by atoms with E-state index < -0.39 is 12.0 Å². The average molecular weight is 311 g/mol. The van der Waals surface area contributed by atoms with Gasteiger partial charge in [-0.2, -0.15) is 0 Å². The van der Waals surface area contributed by atoms with Gasteiger partial charge in [-0.15, -0.1) is 0 Å². The first-order chi connectivity index (χ1) is 10.6. The van der Waals surface area contributed by atoms with Crippen LogP contribution >= 0.6 is 0 Å². The number of hydrogen-bond acceptors (Lipinski definition) is 3. The number of ether oxygens (including phenoxy) is 1. The second-order valence-corrected chi connectivity index (χ2v) is 6.52. The van der Waals surface area contributed by atoms with Crippen molar-refractivity contribution in [2.24, 2.45) is 5.73 Å². The molecule has 0 spiro atoms. The highest BCUT2D eigenvalue weighted by molar-refractivity contribution is 5.79. The number of urea groups is 1. The number of amides is 3. The van der Waals surface area contributed by atoms with E-state index in [9.17, 15) is 9.59 Å². The summed E-state index contributed by atoms with van der Waals surface area (Å²) in [5.41, 5.74) is 5.23. The zero-order valence-corrected chi connectivity index (χ0v) is 13.6. The molecular weight excluding hydrogens is 282 g/mol. The van der Waals surface area contributed by atoms with Crippen LogP contribution in [0.15, 0.2) is 0 Å². The molecule has 1 aliphatic carbocycles. The summed E-state index contributed by atoms with van der Waals surface area (Å²) < 4.78 is 5.53. The number of nitrogens with two attached hydrogens (primary N) is 1. The molecule has 126 valence electrons. The van der Waals surface area contributed by atoms with Crippen LogP contribution < -0.4 is 11.1 Å². The van der Waals surface area contributed by atoms with Crippen LogP contribution in [-0.4, -0.2) is 48.7 Å². The Labute approximate surface area is 132 Å². The van der Waals surface area contributed by atoms with Crippen molar-refractivity contribution in [3.05, 3.63) is 0 Å². The third-order valence-electron chi connectivity index (χ3n) is 4.85. The fourth-order valence-electron chi connectivity index (χ4n) is 3.38. The fourth-order valence-corrected chi connectivity index (χ4v) is 3.38. The first kappa shape index (κ1) is 17.1. The number of carbonyl (C=O) groups excluding carboxylic acids is 2. The molecule has 6 heteroatoms. The van der Waals surface area contributed by atoms with Crippen LogP contribution in [0, 0.1) is 0 Å². The van der Waals surface area contributed by atoms with Gasteiger partial charge in [0.05, 0.1) is 6.10 Å². The molecule has 1 aliphatic heterocycles. The number of rotatable bonds is 4. The molecule has 0 unspecified atom stereocenters. The second-order valence-electron chi connectivity index (χ2n) is 6.52. The SMILES string of the molecule is CN(C(=O)NC[C@H]1CC[C@H](C(N)=O)O1)C1CCCCCCC1. The summed E-state index contributed by atoms with van der Waals surface area (Å²) in [6.45, 7) is 0.444. The molecule has 2 atom stereocenters. The average Bonchev–Trinajstić information content (AvgIpc) is 2.93. The minimum absolute atomic E-state index is 0.0447. The molecule has 1 saturated heterocycles. The van der Waals surface area contributed by atoms with Crippen LogP contribution in [0.5, 0.6) is 0 Å². The Morgan fingerprint density at radius 1 is 1.09 bits per heavy atom. The molecule has 1 saturated carbocycles. The fraction of sp³-hybridized carbons (Fsp3) is 0.875. The topological polar surface area (TPSA) is 84.7 Å². The first-order valence-corrected chi connectivity index (χ1v) is 8.53. The molecular formula is C16H29N3O3. The monoisotopic (exact) mass is 311 g/mol. The van der Waals surface area contributed by atoms with E-state index in [1.807, 2.05) is 11.9 Å². The molecule has 1 heterocycles. The molecule has 0 aromatic heterocycles. The normalized spacial score (nSPS) is 27.0. The molecule has 3 N–H and O–H groups in total. The molecule has 2 fully saturated rings. The van der Waals surface area contributed by atoms with Crippen molar-refractivity contribution in [1.29, 1.82) is 0 Å². The predicted octanol–water partition coefficient (Wildman–Crippen LogP) is 1.77. The lowest BCUT2D eigenvalue weighted by Gasteiger charge is -2.30. The Balaban J connectivity index is 1.73. The molecule has 2 aliphatic rings. The van der Waals surface area contributed by atoms with Gasteiger partial charge >= 0.3 is 6.03 Å². The van der Waals surface area contributed by atoms with E-state index in [0.717, 1.165) is 19.3 Å². The van der Waals surface area contributed by atoms with Gasteiger partial charge in [-0.1, -0.05) is 32.1 Å². The van der Waals surface area contributed by atoms with Crippen molar-refractivity contribution < 1.29 is 14.3 Å². The van der Waals surface area contributed by atoms with Gasteiger partial charge < -0.3 is 20.7 Å². The Kier molecular flexibility index (Phi) is 6.49. The van der Waals surface area contributed by atoms with Crippen molar-refractivity contribution in [3.63, 3.8) is 0 Å². The Morgan fingerprint density at radius 2 is 1.73 bits per heavy atom. The van der Waals surface area contributed by atoms with Crippen molar-refractivity contribution in [1.82, 2.24) is 10.2 Å². The number of nitrogens with one attached hydrogen (secondary N) is 1. The van der Waals surface area contributed by atoms with Crippen molar-refractivity contribution in [3.8, 4) is 0 Å². The minimum Gasteiger partial charge on any atom is -0.367 e. The molecule has 0 bridgehead atoms. The van der Waals surface area contributed by atoms with E-state index in [-0.39, 0.29) is 12.1 Å². The van der Waals surface area contributed by atoms with E-state index in [0.29, 0.717) is 19.0 Å². The summed E-state index contributed by atoms with van der Waals surface area (Å²) in [5, 5.41) is 2.93. The van der Waals surface area contributed by atoms with Gasteiger partial charge in [-0.05, 0) is 25.7 Å². The van der Waals surface area contributed by atoms with Crippen molar-refractivity contribution >= 4 is 11.9 Å². The molecule has 2 rings (SSSR count). The van der Waals surface area contributed by atoms with Gasteiger partial charge in [0.15, 0.2) is 0 Å². The maximum atomic E-state index is 12.3. The highest BCUT2D eigenvalue weighted by Gasteiger charge is 2.29. The Morgan fingerprint density at radius 3 is 2.32 bits per heavy atom. The van der Waals surface area contributed by atoms with Gasteiger partial charge in [0.1, 0.15) is 6.10 Å². The summed E-state index contributed by atoms with van der Waals surface area (Å²) in [4.78, 5) is 25.2. The van der Waals surface area contributed by atoms with Crippen LogP contribution in [-0.2, 0) is 9.53 Å². The number of hydrogen-bond donors (Lipinski definition) is 2. The quantitative estimate of drug-likeness (QED) is 0.830. The molecule has 22 heavy (non-hydrogen) atoms. The zero-order chi connectivity index (χ0) is 15.9. The standard InChI is InChI=1S/C16H29N3O3/c1-19(12-7-5-3-2-4-6-8-12)16(21)18-11-13-9-10-14(22-13)15(17)20/h12-14H,2-11H2,1H3,(H2,17,20)(H,18,21)/t13-,14-/m1/s1.